The zero-order valence-electron chi connectivity index (χ0n) is 15.6. The van der Waals surface area contributed by atoms with Gasteiger partial charge in [-0.15, -0.1) is 11.8 Å². The van der Waals surface area contributed by atoms with Crippen LogP contribution in [0.2, 0.25) is 0 Å². The van der Waals surface area contributed by atoms with Gasteiger partial charge in [0.05, 0.1) is 10.2 Å². The second kappa shape index (κ2) is 7.52. The van der Waals surface area contributed by atoms with Gasteiger partial charge < -0.3 is 10.6 Å². The molecule has 1 aromatic heterocycles. The van der Waals surface area contributed by atoms with Crippen LogP contribution in [0.25, 0.3) is 10.2 Å². The zero-order valence-corrected chi connectivity index (χ0v) is 17.2. The number of amides is 1. The molecule has 1 amide bonds. The Morgan fingerprint density at radius 2 is 1.93 bits per heavy atom. The zero-order chi connectivity index (χ0) is 19.0. The summed E-state index contributed by atoms with van der Waals surface area (Å²) in [6.07, 6.45) is 2.05. The van der Waals surface area contributed by atoms with E-state index in [1.165, 1.54) is 21.8 Å². The molecular weight excluding hydrogens is 374 g/mol. The number of aromatic nitrogens is 1. The lowest BCUT2D eigenvalue weighted by Gasteiger charge is -2.32. The summed E-state index contributed by atoms with van der Waals surface area (Å²) < 4.78 is 0.987. The Kier molecular flexibility index (Phi) is 5.10. The second-order valence-corrected chi connectivity index (χ2v) is 9.47. The molecule has 2 N–H and O–H groups in total. The number of aryl methyl sites for hydroxylation is 2. The summed E-state index contributed by atoms with van der Waals surface area (Å²) in [6.45, 7) is 5.77. The molecule has 0 saturated carbocycles. The molecular formula is C21H23N3OS2. The molecule has 6 heteroatoms. The lowest BCUT2D eigenvalue weighted by Crippen LogP contribution is -2.39. The van der Waals surface area contributed by atoms with Crippen LogP contribution < -0.4 is 5.73 Å². The number of rotatable bonds is 3. The molecule has 27 heavy (non-hydrogen) atoms. The molecule has 1 aliphatic heterocycles. The largest absolute Gasteiger partial charge is 0.375 e. The third kappa shape index (κ3) is 3.82. The topological polar surface area (TPSA) is 59.2 Å². The first-order valence-corrected chi connectivity index (χ1v) is 10.9. The van der Waals surface area contributed by atoms with E-state index in [0.29, 0.717) is 10.4 Å². The maximum atomic E-state index is 13.0. The van der Waals surface area contributed by atoms with Crippen molar-refractivity contribution < 1.29 is 4.79 Å². The number of thiazole rings is 1. The number of benzene rings is 2. The molecule has 1 saturated heterocycles. The number of carbonyl (C=O) groups excluding carboxylic acids is 1. The van der Waals surface area contributed by atoms with Crippen molar-refractivity contribution >= 4 is 44.4 Å². The number of thioether (sulfide) groups is 1. The standard InChI is InChI=1S/C21H23N3OS2/c1-13-5-3-4-6-17(13)26-16-7-9-24(10-8-16)20(25)15-11-14(2)19-18(12-15)27-21(22)23-19/h3-6,11-12,16H,7-10H2,1-2H3,(H2,22,23). The van der Waals surface area contributed by atoms with Crippen LogP contribution in [0.15, 0.2) is 41.3 Å². The van der Waals surface area contributed by atoms with Gasteiger partial charge in [0.2, 0.25) is 0 Å². The monoisotopic (exact) mass is 397 g/mol. The number of hydrogen-bond donors (Lipinski definition) is 1. The van der Waals surface area contributed by atoms with Gasteiger partial charge in [0.15, 0.2) is 5.13 Å². The Hall–Kier alpha value is -2.05. The second-order valence-electron chi connectivity index (χ2n) is 7.07. The summed E-state index contributed by atoms with van der Waals surface area (Å²) in [5.74, 6) is 0.117. The van der Waals surface area contributed by atoms with E-state index in [1.807, 2.05) is 35.7 Å². The Labute approximate surface area is 167 Å². The highest BCUT2D eigenvalue weighted by Crippen LogP contribution is 2.33. The van der Waals surface area contributed by atoms with Gasteiger partial charge in [-0.2, -0.15) is 0 Å². The van der Waals surface area contributed by atoms with Crippen LogP contribution in [0.4, 0.5) is 5.13 Å². The van der Waals surface area contributed by atoms with Gasteiger partial charge in [0, 0.05) is 28.8 Å². The molecule has 140 valence electrons. The molecule has 2 aromatic carbocycles. The molecule has 4 rings (SSSR count). The molecule has 0 atom stereocenters. The fraction of sp³-hybridized carbons (Fsp3) is 0.333. The highest BCUT2D eigenvalue weighted by Gasteiger charge is 2.25. The van der Waals surface area contributed by atoms with Crippen molar-refractivity contribution in [2.75, 3.05) is 18.8 Å². The number of nitrogens with two attached hydrogens (primary N) is 1. The summed E-state index contributed by atoms with van der Waals surface area (Å²) in [7, 11) is 0. The number of hydrogen-bond acceptors (Lipinski definition) is 5. The van der Waals surface area contributed by atoms with Gasteiger partial charge in [-0.3, -0.25) is 4.79 Å². The highest BCUT2D eigenvalue weighted by atomic mass is 32.2. The maximum Gasteiger partial charge on any atom is 0.253 e. The van der Waals surface area contributed by atoms with Crippen molar-refractivity contribution in [1.82, 2.24) is 9.88 Å². The minimum atomic E-state index is 0.117. The average molecular weight is 398 g/mol. The Morgan fingerprint density at radius 3 is 2.67 bits per heavy atom. The number of likely N-dealkylation sites (tertiary alicyclic amines) is 1. The predicted molar refractivity (Wildman–Crippen MR) is 115 cm³/mol. The van der Waals surface area contributed by atoms with Gasteiger partial charge in [0.25, 0.3) is 5.91 Å². The first kappa shape index (κ1) is 18.3. The molecule has 0 radical (unpaired) electrons. The number of piperidine rings is 1. The van der Waals surface area contributed by atoms with Crippen molar-refractivity contribution in [3.63, 3.8) is 0 Å². The fourth-order valence-electron chi connectivity index (χ4n) is 3.56. The van der Waals surface area contributed by atoms with E-state index in [4.69, 9.17) is 5.73 Å². The lowest BCUT2D eigenvalue weighted by atomic mass is 10.1. The summed E-state index contributed by atoms with van der Waals surface area (Å²) in [5.41, 5.74) is 9.81. The van der Waals surface area contributed by atoms with E-state index in [1.54, 1.807) is 0 Å². The van der Waals surface area contributed by atoms with Crippen LogP contribution in [0.5, 0.6) is 0 Å². The van der Waals surface area contributed by atoms with Gasteiger partial charge in [-0.25, -0.2) is 4.98 Å². The first-order chi connectivity index (χ1) is 13.0. The predicted octanol–water partition coefficient (Wildman–Crippen LogP) is 4.89. The van der Waals surface area contributed by atoms with Gasteiger partial charge in [0.1, 0.15) is 0 Å². The van der Waals surface area contributed by atoms with Crippen LogP contribution in [0, 0.1) is 13.8 Å². The van der Waals surface area contributed by atoms with Crippen LogP contribution in [0.3, 0.4) is 0 Å². The number of nitrogens with zero attached hydrogens (tertiary/aromatic N) is 2. The van der Waals surface area contributed by atoms with Crippen molar-refractivity contribution in [2.24, 2.45) is 0 Å². The van der Waals surface area contributed by atoms with Crippen LogP contribution in [-0.4, -0.2) is 34.1 Å². The first-order valence-electron chi connectivity index (χ1n) is 9.19. The molecule has 0 aliphatic carbocycles. The third-order valence-electron chi connectivity index (χ3n) is 5.07. The van der Waals surface area contributed by atoms with E-state index < -0.39 is 0 Å². The number of carbonyl (C=O) groups is 1. The summed E-state index contributed by atoms with van der Waals surface area (Å²) >= 11 is 3.39. The third-order valence-corrected chi connectivity index (χ3v) is 7.41. The van der Waals surface area contributed by atoms with E-state index in [-0.39, 0.29) is 5.91 Å². The smallest absolute Gasteiger partial charge is 0.253 e. The molecule has 1 fully saturated rings. The van der Waals surface area contributed by atoms with Crippen molar-refractivity contribution in [2.45, 2.75) is 36.8 Å². The van der Waals surface area contributed by atoms with Crippen molar-refractivity contribution in [1.29, 1.82) is 0 Å². The maximum absolute atomic E-state index is 13.0. The number of nitrogen functional groups attached to an aromatic ring is 1. The normalized spacial score (nSPS) is 15.4. The Balaban J connectivity index is 1.43. The molecule has 2 heterocycles. The molecule has 3 aromatic rings. The van der Waals surface area contributed by atoms with Crippen LogP contribution in [-0.2, 0) is 0 Å². The van der Waals surface area contributed by atoms with Crippen molar-refractivity contribution in [3.8, 4) is 0 Å². The minimum Gasteiger partial charge on any atom is -0.375 e. The molecule has 0 spiro atoms. The Morgan fingerprint density at radius 1 is 1.19 bits per heavy atom. The average Bonchev–Trinajstić information content (AvgIpc) is 3.04. The summed E-state index contributed by atoms with van der Waals surface area (Å²) in [4.78, 5) is 20.7. The van der Waals surface area contributed by atoms with E-state index in [9.17, 15) is 4.79 Å². The molecule has 0 unspecified atom stereocenters. The molecule has 0 bridgehead atoms. The van der Waals surface area contributed by atoms with Gasteiger partial charge in [-0.1, -0.05) is 29.5 Å². The van der Waals surface area contributed by atoms with Gasteiger partial charge >= 0.3 is 0 Å². The SMILES string of the molecule is Cc1ccccc1SC1CCN(C(=O)c2cc(C)c3nc(N)sc3c2)CC1. The fourth-order valence-corrected chi connectivity index (χ4v) is 5.63. The lowest BCUT2D eigenvalue weighted by molar-refractivity contribution is 0.0727. The Bertz CT molecular complexity index is 990. The summed E-state index contributed by atoms with van der Waals surface area (Å²) in [6, 6.07) is 12.4. The van der Waals surface area contributed by atoms with E-state index in [0.717, 1.165) is 47.3 Å². The van der Waals surface area contributed by atoms with Crippen LogP contribution in [0.1, 0.15) is 34.3 Å². The van der Waals surface area contributed by atoms with Crippen LogP contribution >= 0.6 is 23.1 Å². The minimum absolute atomic E-state index is 0.117. The van der Waals surface area contributed by atoms with Gasteiger partial charge in [-0.05, 0) is 56.0 Å². The van der Waals surface area contributed by atoms with Crippen molar-refractivity contribution in [3.05, 3.63) is 53.1 Å². The number of anilines is 1. The highest BCUT2D eigenvalue weighted by molar-refractivity contribution is 8.00. The molecule has 1 aliphatic rings. The summed E-state index contributed by atoms with van der Waals surface area (Å²) in [5, 5.41) is 1.12. The number of fused-ring (bicyclic) bond motifs is 1. The van der Waals surface area contributed by atoms with E-state index in [2.05, 4.69) is 36.2 Å². The quantitative estimate of drug-likeness (QED) is 0.683. The molecule has 4 nitrogen and oxygen atoms in total. The van der Waals surface area contributed by atoms with E-state index >= 15 is 0 Å².